The smallest absolute Gasteiger partial charge is 0.306 e. The Kier molecular flexibility index (Phi) is 5.83. The number of rotatable bonds is 4. The maximum atomic E-state index is 12.8. The molecule has 0 spiro atoms. The molecular weight excluding hydrogens is 449 g/mol. The van der Waals surface area contributed by atoms with Crippen LogP contribution in [0.15, 0.2) is 47.4 Å². The van der Waals surface area contributed by atoms with Gasteiger partial charge in [-0.15, -0.1) is 0 Å². The fourth-order valence-corrected chi connectivity index (χ4v) is 4.71. The van der Waals surface area contributed by atoms with Crippen molar-refractivity contribution in [1.82, 2.24) is 0 Å². The summed E-state index contributed by atoms with van der Waals surface area (Å²) in [5.74, 6) is -0.439. The number of carbonyl (C=O) groups excluding carboxylic acids is 1. The van der Waals surface area contributed by atoms with Crippen molar-refractivity contribution in [3.8, 4) is 5.75 Å². The highest BCUT2D eigenvalue weighted by Gasteiger charge is 2.33. The molecule has 2 aromatic carbocycles. The van der Waals surface area contributed by atoms with Crippen LogP contribution < -0.4 is 9.08 Å². The average molecular weight is 460 g/mol. The van der Waals surface area contributed by atoms with E-state index in [4.69, 9.17) is 39.6 Å². The molecule has 0 atom stereocenters. The molecule has 0 saturated carbocycles. The van der Waals surface area contributed by atoms with Crippen LogP contribution in [-0.2, 0) is 14.9 Å². The number of nitrogens with zero attached hydrogens (tertiary/aromatic N) is 1. The number of hydrogen-bond acceptors (Lipinski definition) is 6. The van der Waals surface area contributed by atoms with Gasteiger partial charge in [-0.1, -0.05) is 65.4 Å². The number of benzene rings is 2. The second kappa shape index (κ2) is 7.81. The van der Waals surface area contributed by atoms with E-state index in [9.17, 15) is 13.2 Å². The van der Waals surface area contributed by atoms with Gasteiger partial charge in [0.25, 0.3) is 5.91 Å². The minimum atomic E-state index is -3.83. The largest absolute Gasteiger partial charge is 0.380 e. The highest BCUT2D eigenvalue weighted by molar-refractivity contribution is 8.27. The lowest BCUT2D eigenvalue weighted by Crippen LogP contribution is -2.27. The van der Waals surface area contributed by atoms with Crippen molar-refractivity contribution in [3.05, 3.63) is 63.0 Å². The molecule has 1 amide bonds. The Morgan fingerprint density at radius 2 is 1.85 bits per heavy atom. The first-order valence-corrected chi connectivity index (χ1v) is 11.2. The number of halogens is 2. The quantitative estimate of drug-likeness (QED) is 0.373. The Morgan fingerprint density at radius 1 is 1.19 bits per heavy atom. The Labute approximate surface area is 176 Å². The van der Waals surface area contributed by atoms with Crippen molar-refractivity contribution in [2.45, 2.75) is 0 Å². The predicted octanol–water partition coefficient (Wildman–Crippen LogP) is 4.74. The van der Waals surface area contributed by atoms with Crippen molar-refractivity contribution in [2.24, 2.45) is 0 Å². The molecule has 1 heterocycles. The van der Waals surface area contributed by atoms with Crippen LogP contribution in [0.2, 0.25) is 10.0 Å². The van der Waals surface area contributed by atoms with Gasteiger partial charge in [0.15, 0.2) is 10.1 Å². The summed E-state index contributed by atoms with van der Waals surface area (Å²) < 4.78 is 28.4. The summed E-state index contributed by atoms with van der Waals surface area (Å²) in [4.78, 5) is 14.5. The highest BCUT2D eigenvalue weighted by Crippen LogP contribution is 2.40. The summed E-state index contributed by atoms with van der Waals surface area (Å²) in [6, 6.07) is 11.8. The Hall–Kier alpha value is -1.58. The second-order valence-corrected chi connectivity index (χ2v) is 9.54. The first kappa shape index (κ1) is 20.2. The lowest BCUT2D eigenvalue weighted by atomic mass is 10.2. The van der Waals surface area contributed by atoms with E-state index < -0.39 is 10.1 Å². The van der Waals surface area contributed by atoms with E-state index in [1.165, 1.54) is 23.1 Å². The van der Waals surface area contributed by atoms with Gasteiger partial charge in [-0.3, -0.25) is 9.69 Å². The molecular formula is C17H11Cl2NO4S3. The van der Waals surface area contributed by atoms with Gasteiger partial charge < -0.3 is 4.18 Å². The van der Waals surface area contributed by atoms with E-state index in [2.05, 4.69) is 0 Å². The molecule has 0 aliphatic carbocycles. The molecule has 1 fully saturated rings. The minimum absolute atomic E-state index is 0.0118. The molecule has 1 aliphatic heterocycles. The summed E-state index contributed by atoms with van der Waals surface area (Å²) in [5.41, 5.74) is 0.895. The van der Waals surface area contributed by atoms with Crippen LogP contribution in [0.1, 0.15) is 5.56 Å². The van der Waals surface area contributed by atoms with Gasteiger partial charge in [-0.05, 0) is 30.3 Å². The van der Waals surface area contributed by atoms with Crippen LogP contribution in [0.3, 0.4) is 0 Å². The molecule has 2 aromatic rings. The van der Waals surface area contributed by atoms with E-state index in [-0.39, 0.29) is 27.3 Å². The standard InChI is InChI=1S/C17H11Cl2NO4S3/c1-27(22,23)24-15-10(7-11(18)9-13(15)19)8-14-16(21)20(17(25)26-14)12-5-3-2-4-6-12/h2-9H,1H3/b14-8-. The van der Waals surface area contributed by atoms with E-state index in [1.54, 1.807) is 24.3 Å². The number of amides is 1. The molecule has 10 heteroatoms. The van der Waals surface area contributed by atoms with Gasteiger partial charge in [0.2, 0.25) is 0 Å². The number of carbonyl (C=O) groups is 1. The van der Waals surface area contributed by atoms with Gasteiger partial charge in [-0.2, -0.15) is 8.42 Å². The number of para-hydroxylation sites is 1. The van der Waals surface area contributed by atoms with Crippen molar-refractivity contribution in [2.75, 3.05) is 11.2 Å². The topological polar surface area (TPSA) is 63.7 Å². The zero-order valence-electron chi connectivity index (χ0n) is 13.7. The molecule has 140 valence electrons. The molecule has 0 N–H and O–H groups in total. The third kappa shape index (κ3) is 4.64. The van der Waals surface area contributed by atoms with Crippen LogP contribution in [0.25, 0.3) is 6.08 Å². The Balaban J connectivity index is 2.05. The number of hydrogen-bond donors (Lipinski definition) is 0. The summed E-state index contributed by atoms with van der Waals surface area (Å²) in [6.07, 6.45) is 2.36. The molecule has 27 heavy (non-hydrogen) atoms. The zero-order chi connectivity index (χ0) is 19.8. The number of thiocarbonyl (C=S) groups is 1. The second-order valence-electron chi connectivity index (χ2n) is 5.45. The van der Waals surface area contributed by atoms with E-state index >= 15 is 0 Å². The first-order chi connectivity index (χ1) is 12.7. The molecule has 0 radical (unpaired) electrons. The molecule has 5 nitrogen and oxygen atoms in total. The third-order valence-electron chi connectivity index (χ3n) is 3.37. The first-order valence-electron chi connectivity index (χ1n) is 7.37. The lowest BCUT2D eigenvalue weighted by Gasteiger charge is -2.14. The fourth-order valence-electron chi connectivity index (χ4n) is 2.34. The van der Waals surface area contributed by atoms with E-state index in [1.807, 2.05) is 6.07 Å². The number of anilines is 1. The molecule has 1 saturated heterocycles. The Bertz CT molecular complexity index is 1070. The average Bonchev–Trinajstić information content (AvgIpc) is 2.84. The van der Waals surface area contributed by atoms with Crippen molar-refractivity contribution < 1.29 is 17.4 Å². The van der Waals surface area contributed by atoms with Crippen molar-refractivity contribution in [1.29, 1.82) is 0 Å². The minimum Gasteiger partial charge on any atom is -0.380 e. The fraction of sp³-hybridized carbons (Fsp3) is 0.0588. The van der Waals surface area contributed by atoms with Crippen LogP contribution in [-0.4, -0.2) is 24.9 Å². The monoisotopic (exact) mass is 459 g/mol. The molecule has 3 rings (SSSR count). The van der Waals surface area contributed by atoms with E-state index in [0.29, 0.717) is 14.9 Å². The SMILES string of the molecule is CS(=O)(=O)Oc1c(Cl)cc(Cl)cc1/C=C1\SC(=S)N(c2ccccc2)C1=O. The maximum absolute atomic E-state index is 12.8. The molecule has 0 unspecified atom stereocenters. The third-order valence-corrected chi connectivity index (χ3v) is 5.64. The van der Waals surface area contributed by atoms with E-state index in [0.717, 1.165) is 18.0 Å². The van der Waals surface area contributed by atoms with Crippen LogP contribution in [0.5, 0.6) is 5.75 Å². The summed E-state index contributed by atoms with van der Waals surface area (Å²) in [6.45, 7) is 0. The van der Waals surface area contributed by atoms with Crippen molar-refractivity contribution in [3.63, 3.8) is 0 Å². The van der Waals surface area contributed by atoms with Crippen LogP contribution in [0, 0.1) is 0 Å². The van der Waals surface area contributed by atoms with Gasteiger partial charge >= 0.3 is 10.1 Å². The Morgan fingerprint density at radius 3 is 2.48 bits per heavy atom. The molecule has 1 aliphatic rings. The van der Waals surface area contributed by atoms with Gasteiger partial charge in [0.1, 0.15) is 0 Å². The summed E-state index contributed by atoms with van der Waals surface area (Å²) >= 11 is 18.5. The normalized spacial score (nSPS) is 16.3. The summed E-state index contributed by atoms with van der Waals surface area (Å²) in [7, 11) is -3.83. The van der Waals surface area contributed by atoms with Crippen molar-refractivity contribution >= 4 is 79.3 Å². The van der Waals surface area contributed by atoms with Gasteiger partial charge in [-0.25, -0.2) is 0 Å². The summed E-state index contributed by atoms with van der Waals surface area (Å²) in [5, 5.41) is 0.281. The predicted molar refractivity (Wildman–Crippen MR) is 114 cm³/mol. The highest BCUT2D eigenvalue weighted by atomic mass is 35.5. The van der Waals surface area contributed by atoms with Gasteiger partial charge in [0, 0.05) is 10.6 Å². The van der Waals surface area contributed by atoms with Crippen LogP contribution in [0.4, 0.5) is 5.69 Å². The number of thioether (sulfide) groups is 1. The molecule has 0 aromatic heterocycles. The maximum Gasteiger partial charge on any atom is 0.306 e. The molecule has 0 bridgehead atoms. The lowest BCUT2D eigenvalue weighted by molar-refractivity contribution is -0.113. The van der Waals surface area contributed by atoms with Gasteiger partial charge in [0.05, 0.1) is 21.9 Å². The van der Waals surface area contributed by atoms with Crippen LogP contribution >= 0.6 is 47.2 Å². The zero-order valence-corrected chi connectivity index (χ0v) is 17.6.